The summed E-state index contributed by atoms with van der Waals surface area (Å²) >= 11 is 0. The lowest BCUT2D eigenvalue weighted by atomic mass is 10.0. The van der Waals surface area contributed by atoms with Gasteiger partial charge in [-0.3, -0.25) is 4.79 Å². The standard InChI is InChI=1S/C27H44N2O/c1-2-3-4-5-6-7-8-9-10-11-12-13-14-15-19-24-27(30)29-28-25-20-23-26-21-17-16-18-22-26/h16-18,20-23,25H,2-15,19,24H2,1H3,(H,29,30)/b23-20+,28-25+. The number of unbranched alkanes of at least 4 members (excludes halogenated alkanes) is 14. The molecule has 0 aliphatic rings. The lowest BCUT2D eigenvalue weighted by molar-refractivity contribution is -0.121. The first-order valence-electron chi connectivity index (χ1n) is 12.4. The third kappa shape index (κ3) is 17.0. The number of carbonyl (C=O) groups is 1. The number of carbonyl (C=O) groups excluding carboxylic acids is 1. The van der Waals surface area contributed by atoms with Crippen LogP contribution in [-0.4, -0.2) is 12.1 Å². The molecular weight excluding hydrogens is 368 g/mol. The van der Waals surface area contributed by atoms with Crippen LogP contribution in [0, 0.1) is 0 Å². The molecule has 1 aromatic carbocycles. The van der Waals surface area contributed by atoms with E-state index in [0.717, 1.165) is 18.4 Å². The summed E-state index contributed by atoms with van der Waals surface area (Å²) in [6.07, 6.45) is 26.1. The summed E-state index contributed by atoms with van der Waals surface area (Å²) in [7, 11) is 0. The molecule has 30 heavy (non-hydrogen) atoms. The number of rotatable bonds is 19. The second-order valence-corrected chi connectivity index (χ2v) is 8.28. The van der Waals surface area contributed by atoms with Crippen LogP contribution in [0.25, 0.3) is 6.08 Å². The van der Waals surface area contributed by atoms with Crippen molar-refractivity contribution in [1.82, 2.24) is 5.43 Å². The van der Waals surface area contributed by atoms with Gasteiger partial charge < -0.3 is 0 Å². The van der Waals surface area contributed by atoms with E-state index in [-0.39, 0.29) is 5.91 Å². The fourth-order valence-corrected chi connectivity index (χ4v) is 3.58. The Balaban J connectivity index is 1.82. The molecule has 0 atom stereocenters. The zero-order valence-corrected chi connectivity index (χ0v) is 19.3. The fourth-order valence-electron chi connectivity index (χ4n) is 3.58. The van der Waals surface area contributed by atoms with Gasteiger partial charge in [-0.05, 0) is 18.1 Å². The Kier molecular flexibility index (Phi) is 17.8. The molecule has 0 saturated carbocycles. The molecular formula is C27H44N2O. The fraction of sp³-hybridized carbons (Fsp3) is 0.630. The molecule has 0 saturated heterocycles. The van der Waals surface area contributed by atoms with Crippen LogP contribution < -0.4 is 5.43 Å². The quantitative estimate of drug-likeness (QED) is 0.139. The van der Waals surface area contributed by atoms with E-state index in [4.69, 9.17) is 0 Å². The molecule has 0 aliphatic heterocycles. The average molecular weight is 413 g/mol. The van der Waals surface area contributed by atoms with Crippen LogP contribution in [-0.2, 0) is 4.79 Å². The number of nitrogens with one attached hydrogen (secondary N) is 1. The van der Waals surface area contributed by atoms with Gasteiger partial charge >= 0.3 is 0 Å². The van der Waals surface area contributed by atoms with Crippen LogP contribution in [0.15, 0.2) is 41.5 Å². The number of nitrogens with zero attached hydrogens (tertiary/aromatic N) is 1. The Morgan fingerprint density at radius 2 is 1.27 bits per heavy atom. The highest BCUT2D eigenvalue weighted by Gasteiger charge is 1.99. The molecule has 0 aliphatic carbocycles. The van der Waals surface area contributed by atoms with Gasteiger partial charge in [0.15, 0.2) is 0 Å². The van der Waals surface area contributed by atoms with Gasteiger partial charge in [-0.15, -0.1) is 0 Å². The number of hydrogen-bond donors (Lipinski definition) is 1. The van der Waals surface area contributed by atoms with E-state index in [0.29, 0.717) is 6.42 Å². The van der Waals surface area contributed by atoms with Gasteiger partial charge in [0.05, 0.1) is 0 Å². The van der Waals surface area contributed by atoms with E-state index >= 15 is 0 Å². The normalized spacial score (nSPS) is 11.5. The van der Waals surface area contributed by atoms with Crippen LogP contribution in [0.2, 0.25) is 0 Å². The van der Waals surface area contributed by atoms with Crippen LogP contribution in [0.5, 0.6) is 0 Å². The van der Waals surface area contributed by atoms with Crippen LogP contribution in [0.4, 0.5) is 0 Å². The van der Waals surface area contributed by atoms with Crippen molar-refractivity contribution in [2.45, 2.75) is 110 Å². The Morgan fingerprint density at radius 3 is 1.80 bits per heavy atom. The highest BCUT2D eigenvalue weighted by molar-refractivity contribution is 5.81. The van der Waals surface area contributed by atoms with Gasteiger partial charge in [0.25, 0.3) is 0 Å². The molecule has 0 fully saturated rings. The van der Waals surface area contributed by atoms with Crippen molar-refractivity contribution in [2.75, 3.05) is 0 Å². The van der Waals surface area contributed by atoms with E-state index in [1.807, 2.05) is 42.5 Å². The largest absolute Gasteiger partial charge is 0.273 e. The van der Waals surface area contributed by atoms with Gasteiger partial charge in [-0.2, -0.15) is 5.10 Å². The highest BCUT2D eigenvalue weighted by Crippen LogP contribution is 2.13. The van der Waals surface area contributed by atoms with Crippen molar-refractivity contribution >= 4 is 18.2 Å². The lowest BCUT2D eigenvalue weighted by Crippen LogP contribution is -2.16. The minimum atomic E-state index is 0.00838. The first-order chi connectivity index (χ1) is 14.8. The van der Waals surface area contributed by atoms with Gasteiger partial charge in [0, 0.05) is 12.6 Å². The molecule has 168 valence electrons. The molecule has 1 rings (SSSR count). The molecule has 1 N–H and O–H groups in total. The number of hydrogen-bond acceptors (Lipinski definition) is 2. The zero-order chi connectivity index (χ0) is 21.5. The molecule has 0 unspecified atom stereocenters. The summed E-state index contributed by atoms with van der Waals surface area (Å²) in [4.78, 5) is 11.8. The molecule has 0 spiro atoms. The Labute approximate surface area is 185 Å². The first kappa shape index (κ1) is 26.1. The van der Waals surface area contributed by atoms with Gasteiger partial charge in [0.2, 0.25) is 5.91 Å². The first-order valence-corrected chi connectivity index (χ1v) is 12.4. The minimum Gasteiger partial charge on any atom is -0.273 e. The van der Waals surface area contributed by atoms with Crippen molar-refractivity contribution < 1.29 is 4.79 Å². The van der Waals surface area contributed by atoms with Crippen molar-refractivity contribution in [3.63, 3.8) is 0 Å². The summed E-state index contributed by atoms with van der Waals surface area (Å²) in [6, 6.07) is 10.0. The predicted molar refractivity (Wildman–Crippen MR) is 132 cm³/mol. The van der Waals surface area contributed by atoms with E-state index in [1.54, 1.807) is 6.21 Å². The molecule has 0 bridgehead atoms. The second kappa shape index (κ2) is 20.4. The summed E-state index contributed by atoms with van der Waals surface area (Å²) in [6.45, 7) is 2.28. The molecule has 0 radical (unpaired) electrons. The van der Waals surface area contributed by atoms with Crippen LogP contribution in [0.3, 0.4) is 0 Å². The monoisotopic (exact) mass is 412 g/mol. The summed E-state index contributed by atoms with van der Waals surface area (Å²) < 4.78 is 0. The van der Waals surface area contributed by atoms with Crippen LogP contribution >= 0.6 is 0 Å². The van der Waals surface area contributed by atoms with E-state index in [1.165, 1.54) is 83.5 Å². The van der Waals surface area contributed by atoms with E-state index in [9.17, 15) is 4.79 Å². The van der Waals surface area contributed by atoms with Gasteiger partial charge in [0.1, 0.15) is 0 Å². The third-order valence-electron chi connectivity index (χ3n) is 5.45. The Morgan fingerprint density at radius 1 is 0.767 bits per heavy atom. The Hall–Kier alpha value is -1.90. The SMILES string of the molecule is CCCCCCCCCCCCCCCCCC(=O)N/N=C/C=C/c1ccccc1. The highest BCUT2D eigenvalue weighted by atomic mass is 16.2. The average Bonchev–Trinajstić information content (AvgIpc) is 2.77. The maximum atomic E-state index is 11.8. The van der Waals surface area contributed by atoms with Crippen LogP contribution in [0.1, 0.15) is 115 Å². The van der Waals surface area contributed by atoms with E-state index < -0.39 is 0 Å². The predicted octanol–water partition coefficient (Wildman–Crippen LogP) is 8.06. The summed E-state index contributed by atoms with van der Waals surface area (Å²) in [5, 5.41) is 3.96. The summed E-state index contributed by atoms with van der Waals surface area (Å²) in [5.74, 6) is 0.00838. The van der Waals surface area contributed by atoms with Crippen molar-refractivity contribution in [1.29, 1.82) is 0 Å². The van der Waals surface area contributed by atoms with Crippen molar-refractivity contribution in [2.24, 2.45) is 5.10 Å². The smallest absolute Gasteiger partial charge is 0.240 e. The lowest BCUT2D eigenvalue weighted by Gasteiger charge is -2.03. The van der Waals surface area contributed by atoms with E-state index in [2.05, 4.69) is 17.5 Å². The zero-order valence-electron chi connectivity index (χ0n) is 19.3. The van der Waals surface area contributed by atoms with Gasteiger partial charge in [-0.25, -0.2) is 5.43 Å². The topological polar surface area (TPSA) is 41.5 Å². The van der Waals surface area contributed by atoms with Crippen molar-refractivity contribution in [3.8, 4) is 0 Å². The number of benzene rings is 1. The molecule has 1 aromatic rings. The minimum absolute atomic E-state index is 0.00838. The molecule has 0 heterocycles. The maximum absolute atomic E-state index is 11.8. The second-order valence-electron chi connectivity index (χ2n) is 8.28. The maximum Gasteiger partial charge on any atom is 0.240 e. The number of hydrazone groups is 1. The Bertz CT molecular complexity index is 565. The number of allylic oxidation sites excluding steroid dienone is 1. The summed E-state index contributed by atoms with van der Waals surface area (Å²) in [5.41, 5.74) is 3.72. The molecule has 3 nitrogen and oxygen atoms in total. The van der Waals surface area contributed by atoms with Gasteiger partial charge in [-0.1, -0.05) is 133 Å². The molecule has 3 heteroatoms. The molecule has 1 amide bonds. The molecule has 0 aromatic heterocycles. The number of amides is 1. The van der Waals surface area contributed by atoms with Crippen molar-refractivity contribution in [3.05, 3.63) is 42.0 Å². The third-order valence-corrected chi connectivity index (χ3v) is 5.45.